The van der Waals surface area contributed by atoms with Crippen LogP contribution in [0.25, 0.3) is 5.69 Å². The molecular weight excluding hydrogens is 394 g/mol. The maximum atomic E-state index is 13.0. The molecule has 0 saturated heterocycles. The van der Waals surface area contributed by atoms with Crippen molar-refractivity contribution in [1.82, 2.24) is 9.78 Å². The van der Waals surface area contributed by atoms with Crippen LogP contribution in [0, 0.1) is 6.92 Å². The predicted octanol–water partition coefficient (Wildman–Crippen LogP) is 3.07. The molecule has 0 radical (unpaired) electrons. The summed E-state index contributed by atoms with van der Waals surface area (Å²) < 4.78 is 6.88. The Morgan fingerprint density at radius 3 is 2.55 bits per heavy atom. The Bertz CT molecular complexity index is 1190. The molecule has 0 aliphatic carbocycles. The number of amides is 1. The van der Waals surface area contributed by atoms with Crippen LogP contribution in [0.1, 0.15) is 35.1 Å². The molecule has 0 bridgehead atoms. The summed E-state index contributed by atoms with van der Waals surface area (Å²) in [6.07, 6.45) is 0.692. The highest BCUT2D eigenvalue weighted by Gasteiger charge is 2.29. The van der Waals surface area contributed by atoms with Crippen LogP contribution in [0.15, 0.2) is 65.5 Å². The summed E-state index contributed by atoms with van der Waals surface area (Å²) in [5.41, 5.74) is 2.32. The van der Waals surface area contributed by atoms with Crippen molar-refractivity contribution in [2.45, 2.75) is 32.8 Å². The minimum Gasteiger partial charge on any atom is -0.448 e. The van der Waals surface area contributed by atoms with Gasteiger partial charge in [0, 0.05) is 24.0 Å². The molecule has 31 heavy (non-hydrogen) atoms. The summed E-state index contributed by atoms with van der Waals surface area (Å²) in [4.78, 5) is 39.8. The Labute approximate surface area is 179 Å². The Kier molecular flexibility index (Phi) is 5.66. The van der Waals surface area contributed by atoms with Gasteiger partial charge in [0.1, 0.15) is 0 Å². The van der Waals surface area contributed by atoms with Gasteiger partial charge >= 0.3 is 5.97 Å². The first kappa shape index (κ1) is 20.5. The monoisotopic (exact) mass is 417 g/mol. The molecule has 0 spiro atoms. The molecule has 1 aliphatic rings. The van der Waals surface area contributed by atoms with Crippen LogP contribution < -0.4 is 10.3 Å². The molecule has 7 nitrogen and oxygen atoms in total. The van der Waals surface area contributed by atoms with Gasteiger partial charge in [-0.1, -0.05) is 36.4 Å². The fraction of sp³-hybridized carbons (Fsp3) is 0.250. The zero-order valence-electron chi connectivity index (χ0n) is 17.4. The minimum absolute atomic E-state index is 0.323. The average Bonchev–Trinajstić information content (AvgIpc) is 2.78. The number of ether oxygens (including phenoxy) is 1. The van der Waals surface area contributed by atoms with E-state index in [4.69, 9.17) is 4.74 Å². The second-order valence-electron chi connectivity index (χ2n) is 7.52. The van der Waals surface area contributed by atoms with E-state index in [0.29, 0.717) is 17.9 Å². The molecular formula is C24H23N3O4. The molecule has 1 atom stereocenters. The summed E-state index contributed by atoms with van der Waals surface area (Å²) in [5.74, 6) is -1.24. The molecule has 3 aromatic rings. The zero-order chi connectivity index (χ0) is 22.0. The van der Waals surface area contributed by atoms with E-state index < -0.39 is 17.5 Å². The number of para-hydroxylation sites is 2. The average molecular weight is 417 g/mol. The number of anilines is 1. The van der Waals surface area contributed by atoms with Crippen molar-refractivity contribution in [3.63, 3.8) is 0 Å². The quantitative estimate of drug-likeness (QED) is 0.610. The molecule has 1 aromatic heterocycles. The Morgan fingerprint density at radius 2 is 1.77 bits per heavy atom. The lowest BCUT2D eigenvalue weighted by molar-refractivity contribution is -0.126. The maximum Gasteiger partial charge on any atom is 0.363 e. The third kappa shape index (κ3) is 4.12. The molecule has 0 fully saturated rings. The number of aryl methyl sites for hydroxylation is 2. The Morgan fingerprint density at radius 1 is 1.06 bits per heavy atom. The van der Waals surface area contributed by atoms with Crippen molar-refractivity contribution in [3.05, 3.63) is 87.8 Å². The van der Waals surface area contributed by atoms with Gasteiger partial charge < -0.3 is 9.64 Å². The SMILES string of the molecule is Cc1cc(=O)c(C(=O)O[C@@H](C)C(=O)N2CCCc3ccccc32)nn1-c1ccccc1. The normalized spacial score (nSPS) is 13.9. The number of carbonyl (C=O) groups excluding carboxylic acids is 2. The summed E-state index contributed by atoms with van der Waals surface area (Å²) >= 11 is 0. The van der Waals surface area contributed by atoms with Gasteiger partial charge in [-0.05, 0) is 50.5 Å². The number of carbonyl (C=O) groups is 2. The van der Waals surface area contributed by atoms with Crippen LogP contribution in [0.2, 0.25) is 0 Å². The minimum atomic E-state index is -1.05. The Balaban J connectivity index is 1.56. The van der Waals surface area contributed by atoms with Gasteiger partial charge in [0.05, 0.1) is 5.69 Å². The second-order valence-corrected chi connectivity index (χ2v) is 7.52. The number of hydrogen-bond acceptors (Lipinski definition) is 5. The second kappa shape index (κ2) is 8.55. The fourth-order valence-corrected chi connectivity index (χ4v) is 3.77. The van der Waals surface area contributed by atoms with Crippen LogP contribution in [0.4, 0.5) is 5.69 Å². The highest BCUT2D eigenvalue weighted by molar-refractivity contribution is 5.99. The van der Waals surface area contributed by atoms with Crippen molar-refractivity contribution in [1.29, 1.82) is 0 Å². The maximum absolute atomic E-state index is 13.0. The molecule has 0 N–H and O–H groups in total. The lowest BCUT2D eigenvalue weighted by atomic mass is 10.0. The van der Waals surface area contributed by atoms with Crippen LogP contribution >= 0.6 is 0 Å². The van der Waals surface area contributed by atoms with Crippen molar-refractivity contribution >= 4 is 17.6 Å². The zero-order valence-corrected chi connectivity index (χ0v) is 17.4. The van der Waals surface area contributed by atoms with E-state index in [9.17, 15) is 14.4 Å². The van der Waals surface area contributed by atoms with E-state index in [-0.39, 0.29) is 11.6 Å². The lowest BCUT2D eigenvalue weighted by Gasteiger charge is -2.31. The molecule has 0 unspecified atom stereocenters. The van der Waals surface area contributed by atoms with Crippen LogP contribution in [-0.2, 0) is 16.0 Å². The molecule has 2 aromatic carbocycles. The van der Waals surface area contributed by atoms with Crippen molar-refractivity contribution in [3.8, 4) is 5.69 Å². The van der Waals surface area contributed by atoms with Gasteiger partial charge in [-0.25, -0.2) is 9.48 Å². The lowest BCUT2D eigenvalue weighted by Crippen LogP contribution is -2.43. The van der Waals surface area contributed by atoms with Gasteiger partial charge in [-0.2, -0.15) is 5.10 Å². The van der Waals surface area contributed by atoms with Crippen LogP contribution in [0.5, 0.6) is 0 Å². The van der Waals surface area contributed by atoms with Gasteiger partial charge in [-0.15, -0.1) is 0 Å². The van der Waals surface area contributed by atoms with Crippen molar-refractivity contribution in [2.75, 3.05) is 11.4 Å². The van der Waals surface area contributed by atoms with E-state index >= 15 is 0 Å². The largest absolute Gasteiger partial charge is 0.448 e. The van der Waals surface area contributed by atoms with E-state index in [1.54, 1.807) is 11.8 Å². The third-order valence-electron chi connectivity index (χ3n) is 5.31. The van der Waals surface area contributed by atoms with Gasteiger partial charge in [0.15, 0.2) is 6.10 Å². The van der Waals surface area contributed by atoms with Crippen molar-refractivity contribution in [2.24, 2.45) is 0 Å². The summed E-state index contributed by atoms with van der Waals surface area (Å²) in [5, 5.41) is 4.21. The van der Waals surface area contributed by atoms with E-state index in [0.717, 1.165) is 24.1 Å². The molecule has 1 aliphatic heterocycles. The number of fused-ring (bicyclic) bond motifs is 1. The molecule has 0 saturated carbocycles. The molecule has 7 heteroatoms. The van der Waals surface area contributed by atoms with Crippen molar-refractivity contribution < 1.29 is 14.3 Å². The number of esters is 1. The Hall–Kier alpha value is -3.74. The first-order valence-corrected chi connectivity index (χ1v) is 10.2. The standard InChI is InChI=1S/C24H23N3O4/c1-16-15-21(28)22(25-27(16)19-11-4-3-5-12-19)24(30)31-17(2)23(29)26-14-8-10-18-9-6-7-13-20(18)26/h3-7,9,11-13,15,17H,8,10,14H2,1-2H3/t17-/m0/s1. The molecule has 1 amide bonds. The first-order chi connectivity index (χ1) is 15.0. The predicted molar refractivity (Wildman–Crippen MR) is 117 cm³/mol. The smallest absolute Gasteiger partial charge is 0.363 e. The number of benzene rings is 2. The number of nitrogens with zero attached hydrogens (tertiary/aromatic N) is 3. The summed E-state index contributed by atoms with van der Waals surface area (Å²) in [7, 11) is 0. The molecule has 158 valence electrons. The topological polar surface area (TPSA) is 81.5 Å². The highest BCUT2D eigenvalue weighted by atomic mass is 16.5. The van der Waals surface area contributed by atoms with Crippen LogP contribution in [-0.4, -0.2) is 34.3 Å². The fourth-order valence-electron chi connectivity index (χ4n) is 3.77. The molecule has 4 rings (SSSR count). The summed E-state index contributed by atoms with van der Waals surface area (Å²) in [6.45, 7) is 3.80. The van der Waals surface area contributed by atoms with Gasteiger partial charge in [0.2, 0.25) is 11.1 Å². The number of aromatic nitrogens is 2. The summed E-state index contributed by atoms with van der Waals surface area (Å²) in [6, 6.07) is 18.2. The third-order valence-corrected chi connectivity index (χ3v) is 5.31. The van der Waals surface area contributed by atoms with E-state index in [2.05, 4.69) is 5.10 Å². The first-order valence-electron chi connectivity index (χ1n) is 10.2. The number of hydrogen-bond donors (Lipinski definition) is 0. The highest BCUT2D eigenvalue weighted by Crippen LogP contribution is 2.27. The van der Waals surface area contributed by atoms with Crippen LogP contribution in [0.3, 0.4) is 0 Å². The van der Waals surface area contributed by atoms with Gasteiger partial charge in [-0.3, -0.25) is 9.59 Å². The van der Waals surface area contributed by atoms with E-state index in [1.807, 2.05) is 54.6 Å². The molecule has 2 heterocycles. The number of rotatable bonds is 4. The van der Waals surface area contributed by atoms with E-state index in [1.165, 1.54) is 17.7 Å². The van der Waals surface area contributed by atoms with Gasteiger partial charge in [0.25, 0.3) is 5.91 Å².